The first-order valence-corrected chi connectivity index (χ1v) is 12.4. The van der Waals surface area contributed by atoms with Crippen molar-refractivity contribution in [3.05, 3.63) is 47.7 Å². The van der Waals surface area contributed by atoms with Gasteiger partial charge in [0.2, 0.25) is 0 Å². The first-order chi connectivity index (χ1) is 17.2. The van der Waals surface area contributed by atoms with Crippen molar-refractivity contribution in [2.45, 2.75) is 51.4 Å². The first kappa shape index (κ1) is 26.2. The number of nitrogens with zero attached hydrogens (tertiary/aromatic N) is 3. The summed E-state index contributed by atoms with van der Waals surface area (Å²) >= 11 is 0. The molecule has 4 rings (SSSR count). The summed E-state index contributed by atoms with van der Waals surface area (Å²) in [6, 6.07) is 9.72. The van der Waals surface area contributed by atoms with Gasteiger partial charge in [0.15, 0.2) is 17.6 Å². The number of carbonyl (C=O) groups excluding carboxylic acids is 1. The molecule has 5 atom stereocenters. The Morgan fingerprint density at radius 1 is 1.25 bits per heavy atom. The SMILES string of the molecule is COc1ccc([C@@H]2CN(C(=O)[C@@H](O)CO)C[C@@]2(C)[C@@H](C)O)cc1OC1CCN(c2ncccc2C)C1. The predicted octanol–water partition coefficient (Wildman–Crippen LogP) is 1.72. The molecular formula is C27H37N3O6. The summed E-state index contributed by atoms with van der Waals surface area (Å²) < 4.78 is 12.0. The normalized spacial score (nSPS) is 25.6. The molecule has 2 aliphatic heterocycles. The molecule has 0 saturated carbocycles. The average molecular weight is 500 g/mol. The first-order valence-electron chi connectivity index (χ1n) is 12.4. The van der Waals surface area contributed by atoms with Gasteiger partial charge in [-0.3, -0.25) is 4.79 Å². The van der Waals surface area contributed by atoms with Crippen molar-refractivity contribution in [1.29, 1.82) is 0 Å². The fraction of sp³-hybridized carbons (Fsp3) is 0.556. The molecule has 1 aromatic carbocycles. The number of hydrogen-bond donors (Lipinski definition) is 3. The Labute approximate surface area is 212 Å². The number of ether oxygens (including phenoxy) is 2. The monoisotopic (exact) mass is 499 g/mol. The Bertz CT molecular complexity index is 1080. The third-order valence-corrected chi connectivity index (χ3v) is 7.76. The maximum absolute atomic E-state index is 12.6. The van der Waals surface area contributed by atoms with Crippen LogP contribution in [0.3, 0.4) is 0 Å². The van der Waals surface area contributed by atoms with E-state index < -0.39 is 30.1 Å². The molecule has 9 heteroatoms. The summed E-state index contributed by atoms with van der Waals surface area (Å²) in [5.41, 5.74) is 1.40. The summed E-state index contributed by atoms with van der Waals surface area (Å²) in [5, 5.41) is 29.8. The van der Waals surface area contributed by atoms with Gasteiger partial charge < -0.3 is 34.6 Å². The number of aliphatic hydroxyl groups excluding tert-OH is 3. The van der Waals surface area contributed by atoms with Gasteiger partial charge in [-0.05, 0) is 43.2 Å². The molecule has 196 valence electrons. The molecule has 9 nitrogen and oxygen atoms in total. The van der Waals surface area contributed by atoms with Crippen LogP contribution in [0.4, 0.5) is 5.82 Å². The predicted molar refractivity (Wildman–Crippen MR) is 135 cm³/mol. The molecule has 2 saturated heterocycles. The van der Waals surface area contributed by atoms with E-state index in [0.29, 0.717) is 24.6 Å². The van der Waals surface area contributed by atoms with Crippen LogP contribution in [0.1, 0.15) is 37.3 Å². The molecule has 0 aliphatic carbocycles. The number of likely N-dealkylation sites (tertiary alicyclic amines) is 1. The molecule has 0 radical (unpaired) electrons. The molecule has 3 N–H and O–H groups in total. The highest BCUT2D eigenvalue weighted by Gasteiger charge is 2.49. The lowest BCUT2D eigenvalue weighted by Gasteiger charge is -2.34. The summed E-state index contributed by atoms with van der Waals surface area (Å²) in [7, 11) is 1.60. The Kier molecular flexibility index (Phi) is 7.73. The van der Waals surface area contributed by atoms with Crippen molar-refractivity contribution < 1.29 is 29.6 Å². The van der Waals surface area contributed by atoms with E-state index in [1.54, 1.807) is 20.2 Å². The second-order valence-electron chi connectivity index (χ2n) is 10.2. The fourth-order valence-electron chi connectivity index (χ4n) is 5.39. The van der Waals surface area contributed by atoms with Crippen LogP contribution in [-0.2, 0) is 4.79 Å². The highest BCUT2D eigenvalue weighted by Crippen LogP contribution is 2.47. The number of anilines is 1. The third-order valence-electron chi connectivity index (χ3n) is 7.76. The average Bonchev–Trinajstić information content (AvgIpc) is 3.48. The largest absolute Gasteiger partial charge is 0.493 e. The number of benzene rings is 1. The second-order valence-corrected chi connectivity index (χ2v) is 10.2. The topological polar surface area (TPSA) is 116 Å². The minimum absolute atomic E-state index is 0.0416. The molecule has 2 aromatic rings. The number of aryl methyl sites for hydroxylation is 1. The van der Waals surface area contributed by atoms with Crippen molar-refractivity contribution in [3.63, 3.8) is 0 Å². The van der Waals surface area contributed by atoms with Crippen LogP contribution in [0.5, 0.6) is 11.5 Å². The van der Waals surface area contributed by atoms with Crippen molar-refractivity contribution >= 4 is 11.7 Å². The molecule has 0 spiro atoms. The number of amides is 1. The second kappa shape index (κ2) is 10.6. The van der Waals surface area contributed by atoms with Gasteiger partial charge in [-0.1, -0.05) is 19.1 Å². The van der Waals surface area contributed by atoms with E-state index >= 15 is 0 Å². The van der Waals surface area contributed by atoms with E-state index in [4.69, 9.17) is 9.47 Å². The van der Waals surface area contributed by atoms with Crippen molar-refractivity contribution in [2.24, 2.45) is 5.41 Å². The number of carbonyl (C=O) groups is 1. The molecule has 1 amide bonds. The van der Waals surface area contributed by atoms with Gasteiger partial charge in [0.1, 0.15) is 11.9 Å². The Morgan fingerprint density at radius 3 is 2.69 bits per heavy atom. The van der Waals surface area contributed by atoms with E-state index in [1.807, 2.05) is 31.2 Å². The third kappa shape index (κ3) is 5.00. The van der Waals surface area contributed by atoms with Gasteiger partial charge in [-0.25, -0.2) is 4.98 Å². The van der Waals surface area contributed by atoms with Crippen LogP contribution in [0.15, 0.2) is 36.5 Å². The number of aliphatic hydroxyl groups is 3. The van der Waals surface area contributed by atoms with Gasteiger partial charge in [0.25, 0.3) is 5.91 Å². The van der Waals surface area contributed by atoms with Crippen molar-refractivity contribution in [1.82, 2.24) is 9.88 Å². The van der Waals surface area contributed by atoms with Crippen molar-refractivity contribution in [3.8, 4) is 11.5 Å². The number of aromatic nitrogens is 1. The van der Waals surface area contributed by atoms with Crippen molar-refractivity contribution in [2.75, 3.05) is 44.8 Å². The van der Waals surface area contributed by atoms with E-state index in [2.05, 4.69) is 22.9 Å². The van der Waals surface area contributed by atoms with Crippen LogP contribution in [-0.4, -0.2) is 89.3 Å². The standard InChI is InChI=1S/C27H37N3O6/c1-17-6-5-10-28-25(17)29-11-9-20(13-29)36-24-12-19(7-8-23(24)35-4)21-14-30(26(34)22(33)15-31)16-27(21,3)18(2)32/h5-8,10,12,18,20-22,31-33H,9,11,13-16H2,1-4H3/t18-,20?,21+,22+,27+/m1/s1. The summed E-state index contributed by atoms with van der Waals surface area (Å²) in [4.78, 5) is 20.9. The summed E-state index contributed by atoms with van der Waals surface area (Å²) in [6.45, 7) is 7.22. The van der Waals surface area contributed by atoms with E-state index in [0.717, 1.165) is 29.9 Å². The van der Waals surface area contributed by atoms with Gasteiger partial charge >= 0.3 is 0 Å². The summed E-state index contributed by atoms with van der Waals surface area (Å²) in [6.07, 6.45) is 0.435. The molecular weight excluding hydrogens is 462 g/mol. The van der Waals surface area contributed by atoms with Crippen LogP contribution in [0.2, 0.25) is 0 Å². The number of methoxy groups -OCH3 is 1. The minimum atomic E-state index is -1.47. The van der Waals surface area contributed by atoms with E-state index in [1.165, 1.54) is 4.90 Å². The minimum Gasteiger partial charge on any atom is -0.493 e. The van der Waals surface area contributed by atoms with Crippen LogP contribution in [0, 0.1) is 12.3 Å². The van der Waals surface area contributed by atoms with Crippen LogP contribution in [0.25, 0.3) is 0 Å². The Hall–Kier alpha value is -2.88. The van der Waals surface area contributed by atoms with Gasteiger partial charge in [-0.15, -0.1) is 0 Å². The highest BCUT2D eigenvalue weighted by molar-refractivity contribution is 5.81. The molecule has 36 heavy (non-hydrogen) atoms. The lowest BCUT2D eigenvalue weighted by atomic mass is 9.72. The maximum Gasteiger partial charge on any atom is 0.253 e. The van der Waals surface area contributed by atoms with Crippen LogP contribution < -0.4 is 14.4 Å². The smallest absolute Gasteiger partial charge is 0.253 e. The zero-order valence-corrected chi connectivity index (χ0v) is 21.4. The zero-order chi connectivity index (χ0) is 26.0. The molecule has 1 unspecified atom stereocenters. The molecule has 0 bridgehead atoms. The van der Waals surface area contributed by atoms with Gasteiger partial charge in [0.05, 0.1) is 26.4 Å². The number of rotatable bonds is 8. The molecule has 1 aromatic heterocycles. The molecule has 3 heterocycles. The maximum atomic E-state index is 12.6. The van der Waals surface area contributed by atoms with Gasteiger partial charge in [0, 0.05) is 43.6 Å². The van der Waals surface area contributed by atoms with E-state index in [9.17, 15) is 20.1 Å². The quantitative estimate of drug-likeness (QED) is 0.503. The lowest BCUT2D eigenvalue weighted by Crippen LogP contribution is -2.42. The Balaban J connectivity index is 1.56. The highest BCUT2D eigenvalue weighted by atomic mass is 16.5. The van der Waals surface area contributed by atoms with E-state index in [-0.39, 0.29) is 18.6 Å². The molecule has 2 fully saturated rings. The Morgan fingerprint density at radius 2 is 2.03 bits per heavy atom. The zero-order valence-electron chi connectivity index (χ0n) is 21.4. The van der Waals surface area contributed by atoms with Gasteiger partial charge in [-0.2, -0.15) is 0 Å². The number of pyridine rings is 1. The van der Waals surface area contributed by atoms with Crippen LogP contribution >= 0.6 is 0 Å². The number of hydrogen-bond acceptors (Lipinski definition) is 8. The lowest BCUT2D eigenvalue weighted by molar-refractivity contribution is -0.141. The molecule has 2 aliphatic rings. The summed E-state index contributed by atoms with van der Waals surface area (Å²) in [5.74, 6) is 1.47. The fourth-order valence-corrected chi connectivity index (χ4v) is 5.39.